The molecule has 0 saturated carbocycles. The Morgan fingerprint density at radius 2 is 1.80 bits per heavy atom. The lowest BCUT2D eigenvalue weighted by Gasteiger charge is -2.09. The summed E-state index contributed by atoms with van der Waals surface area (Å²) in [5.41, 5.74) is 6.10. The quantitative estimate of drug-likeness (QED) is 0.923. The van der Waals surface area contributed by atoms with Gasteiger partial charge in [-0.3, -0.25) is 0 Å². The lowest BCUT2D eigenvalue weighted by atomic mass is 10.2. The standard InChI is InChI=1S/C12H9BrF3N3O/c13-8-3-1-7(2-4-8)6-20-10-5-9(17)18-11(19-10)12(14,15)16/h1-5H,6H2,(H2,17,18,19). The number of benzene rings is 1. The predicted octanol–water partition coefficient (Wildman–Crippen LogP) is 3.42. The van der Waals surface area contributed by atoms with Crippen molar-refractivity contribution in [3.05, 3.63) is 46.2 Å². The maximum absolute atomic E-state index is 12.5. The van der Waals surface area contributed by atoms with Crippen molar-refractivity contribution in [3.63, 3.8) is 0 Å². The number of halogens is 4. The number of nitrogens with zero attached hydrogens (tertiary/aromatic N) is 2. The smallest absolute Gasteiger partial charge is 0.451 e. The molecule has 0 fully saturated rings. The zero-order valence-electron chi connectivity index (χ0n) is 9.99. The zero-order chi connectivity index (χ0) is 14.8. The molecule has 106 valence electrons. The number of aromatic nitrogens is 2. The molecule has 1 heterocycles. The second-order valence-electron chi connectivity index (χ2n) is 3.87. The first-order valence-corrected chi connectivity index (χ1v) is 6.23. The summed E-state index contributed by atoms with van der Waals surface area (Å²) in [6.45, 7) is 0.0844. The number of rotatable bonds is 3. The molecule has 2 rings (SSSR count). The highest BCUT2D eigenvalue weighted by Gasteiger charge is 2.35. The van der Waals surface area contributed by atoms with Crippen LogP contribution in [0.1, 0.15) is 11.4 Å². The fraction of sp³-hybridized carbons (Fsp3) is 0.167. The molecule has 1 aromatic heterocycles. The molecular weight excluding hydrogens is 339 g/mol. The van der Waals surface area contributed by atoms with Crippen LogP contribution in [0.15, 0.2) is 34.8 Å². The van der Waals surface area contributed by atoms with E-state index < -0.39 is 12.0 Å². The second kappa shape index (κ2) is 5.66. The first-order chi connectivity index (χ1) is 9.34. The Balaban J connectivity index is 2.13. The van der Waals surface area contributed by atoms with E-state index in [1.165, 1.54) is 0 Å². The maximum Gasteiger partial charge on any atom is 0.451 e. The van der Waals surface area contributed by atoms with Gasteiger partial charge in [-0.15, -0.1) is 0 Å². The molecule has 0 aliphatic carbocycles. The van der Waals surface area contributed by atoms with Crippen molar-refractivity contribution in [2.45, 2.75) is 12.8 Å². The molecule has 0 bridgehead atoms. The van der Waals surface area contributed by atoms with Crippen molar-refractivity contribution in [1.82, 2.24) is 9.97 Å². The summed E-state index contributed by atoms with van der Waals surface area (Å²) in [6.07, 6.45) is -4.66. The van der Waals surface area contributed by atoms with Gasteiger partial charge < -0.3 is 10.5 Å². The van der Waals surface area contributed by atoms with Gasteiger partial charge in [0.15, 0.2) is 0 Å². The van der Waals surface area contributed by atoms with Crippen LogP contribution in [0, 0.1) is 0 Å². The minimum Gasteiger partial charge on any atom is -0.473 e. The molecule has 0 aliphatic rings. The first-order valence-electron chi connectivity index (χ1n) is 5.43. The molecule has 0 aliphatic heterocycles. The first kappa shape index (κ1) is 14.6. The van der Waals surface area contributed by atoms with Gasteiger partial charge in [0.05, 0.1) is 0 Å². The van der Waals surface area contributed by atoms with Crippen LogP contribution in [-0.4, -0.2) is 9.97 Å². The maximum atomic E-state index is 12.5. The van der Waals surface area contributed by atoms with Gasteiger partial charge in [-0.2, -0.15) is 18.2 Å². The van der Waals surface area contributed by atoms with Gasteiger partial charge in [-0.25, -0.2) is 4.98 Å². The highest BCUT2D eigenvalue weighted by atomic mass is 79.9. The van der Waals surface area contributed by atoms with Gasteiger partial charge in [-0.05, 0) is 17.7 Å². The van der Waals surface area contributed by atoms with Crippen molar-refractivity contribution in [1.29, 1.82) is 0 Å². The Hall–Kier alpha value is -1.83. The van der Waals surface area contributed by atoms with Gasteiger partial charge >= 0.3 is 6.18 Å². The topological polar surface area (TPSA) is 61.0 Å². The monoisotopic (exact) mass is 347 g/mol. The summed E-state index contributed by atoms with van der Waals surface area (Å²) in [5.74, 6) is -1.82. The minimum atomic E-state index is -4.66. The molecular formula is C12H9BrF3N3O. The highest BCUT2D eigenvalue weighted by molar-refractivity contribution is 9.10. The number of ether oxygens (including phenoxy) is 1. The summed E-state index contributed by atoms with van der Waals surface area (Å²) < 4.78 is 43.6. The molecule has 0 unspecified atom stereocenters. The van der Waals surface area contributed by atoms with Gasteiger partial charge in [0.1, 0.15) is 12.4 Å². The van der Waals surface area contributed by atoms with Crippen LogP contribution >= 0.6 is 15.9 Å². The van der Waals surface area contributed by atoms with Gasteiger partial charge in [0.2, 0.25) is 11.7 Å². The molecule has 0 atom stereocenters. The molecule has 2 aromatic rings. The summed E-state index contributed by atoms with van der Waals surface area (Å²) in [4.78, 5) is 6.42. The SMILES string of the molecule is Nc1cc(OCc2ccc(Br)cc2)nc(C(F)(F)F)n1. The summed E-state index contributed by atoms with van der Waals surface area (Å²) in [7, 11) is 0. The number of hydrogen-bond donors (Lipinski definition) is 1. The zero-order valence-corrected chi connectivity index (χ0v) is 11.6. The number of hydrogen-bond acceptors (Lipinski definition) is 4. The van der Waals surface area contributed by atoms with Crippen LogP contribution in [0.2, 0.25) is 0 Å². The third-order valence-electron chi connectivity index (χ3n) is 2.28. The highest BCUT2D eigenvalue weighted by Crippen LogP contribution is 2.28. The average molecular weight is 348 g/mol. The lowest BCUT2D eigenvalue weighted by Crippen LogP contribution is -2.13. The van der Waals surface area contributed by atoms with E-state index in [-0.39, 0.29) is 18.3 Å². The van der Waals surface area contributed by atoms with E-state index in [0.717, 1.165) is 16.1 Å². The van der Waals surface area contributed by atoms with Crippen LogP contribution in [0.25, 0.3) is 0 Å². The normalized spacial score (nSPS) is 11.4. The van der Waals surface area contributed by atoms with E-state index in [4.69, 9.17) is 10.5 Å². The third-order valence-corrected chi connectivity index (χ3v) is 2.80. The van der Waals surface area contributed by atoms with Crippen molar-refractivity contribution in [2.75, 3.05) is 5.73 Å². The average Bonchev–Trinajstić information content (AvgIpc) is 2.36. The molecule has 8 heteroatoms. The van der Waals surface area contributed by atoms with Crippen molar-refractivity contribution in [2.24, 2.45) is 0 Å². The van der Waals surface area contributed by atoms with E-state index in [1.54, 1.807) is 24.3 Å². The van der Waals surface area contributed by atoms with E-state index in [9.17, 15) is 13.2 Å². The van der Waals surface area contributed by atoms with Crippen molar-refractivity contribution in [3.8, 4) is 5.88 Å². The van der Waals surface area contributed by atoms with Gasteiger partial charge in [0, 0.05) is 10.5 Å². The minimum absolute atomic E-state index is 0.0844. The Morgan fingerprint density at radius 1 is 1.15 bits per heavy atom. The Labute approximate surface area is 120 Å². The molecule has 4 nitrogen and oxygen atoms in total. The van der Waals surface area contributed by atoms with E-state index >= 15 is 0 Å². The Morgan fingerprint density at radius 3 is 2.40 bits per heavy atom. The molecule has 20 heavy (non-hydrogen) atoms. The van der Waals surface area contributed by atoms with Gasteiger partial charge in [-0.1, -0.05) is 28.1 Å². The van der Waals surface area contributed by atoms with Crippen molar-refractivity contribution >= 4 is 21.7 Å². The predicted molar refractivity (Wildman–Crippen MR) is 69.9 cm³/mol. The lowest BCUT2D eigenvalue weighted by molar-refractivity contribution is -0.145. The summed E-state index contributed by atoms with van der Waals surface area (Å²) >= 11 is 3.28. The third kappa shape index (κ3) is 3.83. The van der Waals surface area contributed by atoms with Crippen LogP contribution < -0.4 is 10.5 Å². The molecule has 1 aromatic carbocycles. The number of alkyl halides is 3. The fourth-order valence-corrected chi connectivity index (χ4v) is 1.65. The van der Waals surface area contributed by atoms with Crippen LogP contribution in [0.3, 0.4) is 0 Å². The molecule has 0 spiro atoms. The Kier molecular flexibility index (Phi) is 4.12. The van der Waals surface area contributed by atoms with Gasteiger partial charge in [0.25, 0.3) is 0 Å². The number of nitrogen functional groups attached to an aromatic ring is 1. The van der Waals surface area contributed by atoms with Crippen LogP contribution in [0.4, 0.5) is 19.0 Å². The van der Waals surface area contributed by atoms with E-state index in [0.29, 0.717) is 0 Å². The number of anilines is 1. The van der Waals surface area contributed by atoms with Crippen LogP contribution in [-0.2, 0) is 12.8 Å². The molecule has 2 N–H and O–H groups in total. The van der Waals surface area contributed by atoms with Crippen molar-refractivity contribution < 1.29 is 17.9 Å². The molecule has 0 saturated heterocycles. The molecule has 0 amide bonds. The number of nitrogens with two attached hydrogens (primary N) is 1. The summed E-state index contributed by atoms with van der Waals surface area (Å²) in [6, 6.07) is 8.30. The largest absolute Gasteiger partial charge is 0.473 e. The van der Waals surface area contributed by atoms with E-state index in [1.807, 2.05) is 0 Å². The Bertz CT molecular complexity index is 602. The summed E-state index contributed by atoms with van der Waals surface area (Å²) in [5, 5.41) is 0. The van der Waals surface area contributed by atoms with Crippen LogP contribution in [0.5, 0.6) is 5.88 Å². The fourth-order valence-electron chi connectivity index (χ4n) is 1.38. The second-order valence-corrected chi connectivity index (χ2v) is 4.78. The molecule has 0 radical (unpaired) electrons. The van der Waals surface area contributed by atoms with E-state index in [2.05, 4.69) is 25.9 Å².